The van der Waals surface area contributed by atoms with E-state index in [1.54, 1.807) is 0 Å². The number of aryl methyl sites for hydroxylation is 2. The maximum Gasteiger partial charge on any atom is 0.0641 e. The molecule has 0 saturated heterocycles. The van der Waals surface area contributed by atoms with Gasteiger partial charge in [-0.05, 0) is 43.7 Å². The molecule has 19 heavy (non-hydrogen) atoms. The van der Waals surface area contributed by atoms with Gasteiger partial charge in [0.2, 0.25) is 0 Å². The van der Waals surface area contributed by atoms with Crippen molar-refractivity contribution in [1.82, 2.24) is 9.97 Å². The minimum atomic E-state index is 0.240. The van der Waals surface area contributed by atoms with Crippen LogP contribution in [0.15, 0.2) is 54.7 Å². The van der Waals surface area contributed by atoms with Crippen LogP contribution >= 0.6 is 0 Å². The Labute approximate surface area is 113 Å². The highest BCUT2D eigenvalue weighted by Gasteiger charge is 2.18. The van der Waals surface area contributed by atoms with Crippen molar-refractivity contribution in [2.24, 2.45) is 0 Å². The molecule has 1 aromatic carbocycles. The summed E-state index contributed by atoms with van der Waals surface area (Å²) in [7, 11) is 0. The zero-order valence-corrected chi connectivity index (χ0v) is 11.3. The highest BCUT2D eigenvalue weighted by atomic mass is 14.8. The van der Waals surface area contributed by atoms with Crippen LogP contribution in [0.5, 0.6) is 0 Å². The first-order valence-corrected chi connectivity index (χ1v) is 6.59. The minimum Gasteiger partial charge on any atom is -0.364 e. The van der Waals surface area contributed by atoms with Gasteiger partial charge in [-0.25, -0.2) is 0 Å². The molecule has 0 bridgehead atoms. The van der Waals surface area contributed by atoms with E-state index in [-0.39, 0.29) is 5.92 Å². The summed E-state index contributed by atoms with van der Waals surface area (Å²) < 4.78 is 0. The molecule has 96 valence electrons. The number of nitrogens with one attached hydrogen (secondary N) is 2. The van der Waals surface area contributed by atoms with Crippen LogP contribution in [0.2, 0.25) is 0 Å². The third-order valence-corrected chi connectivity index (χ3v) is 3.51. The maximum atomic E-state index is 3.46. The van der Waals surface area contributed by atoms with Gasteiger partial charge in [0.25, 0.3) is 0 Å². The number of hydrogen-bond donors (Lipinski definition) is 2. The Bertz CT molecular complexity index is 645. The van der Waals surface area contributed by atoms with Gasteiger partial charge >= 0.3 is 0 Å². The molecule has 0 amide bonds. The fourth-order valence-corrected chi connectivity index (χ4v) is 2.50. The Morgan fingerprint density at radius 2 is 1.63 bits per heavy atom. The molecular formula is C17H18N2. The van der Waals surface area contributed by atoms with E-state index in [4.69, 9.17) is 0 Å². The van der Waals surface area contributed by atoms with Gasteiger partial charge in [0, 0.05) is 23.3 Å². The normalized spacial score (nSPS) is 12.5. The Balaban J connectivity index is 2.09. The quantitative estimate of drug-likeness (QED) is 0.700. The zero-order valence-electron chi connectivity index (χ0n) is 11.3. The average molecular weight is 250 g/mol. The fraction of sp³-hybridized carbons (Fsp3) is 0.176. The second-order valence-corrected chi connectivity index (χ2v) is 5.07. The molecule has 2 nitrogen and oxygen atoms in total. The number of rotatable bonds is 3. The first kappa shape index (κ1) is 11.8. The smallest absolute Gasteiger partial charge is 0.0641 e. The number of aromatic amines is 2. The van der Waals surface area contributed by atoms with Crippen LogP contribution in [0.4, 0.5) is 0 Å². The van der Waals surface area contributed by atoms with Crippen LogP contribution in [0.25, 0.3) is 0 Å². The van der Waals surface area contributed by atoms with Crippen molar-refractivity contribution in [2.45, 2.75) is 19.8 Å². The van der Waals surface area contributed by atoms with E-state index in [9.17, 15) is 0 Å². The summed E-state index contributed by atoms with van der Waals surface area (Å²) in [5, 5.41) is 0. The minimum absolute atomic E-state index is 0.240. The first-order chi connectivity index (χ1) is 9.24. The monoisotopic (exact) mass is 250 g/mol. The molecule has 1 atom stereocenters. The lowest BCUT2D eigenvalue weighted by Gasteiger charge is -2.15. The van der Waals surface area contributed by atoms with E-state index in [0.717, 1.165) is 0 Å². The Kier molecular flexibility index (Phi) is 3.00. The lowest BCUT2D eigenvalue weighted by Crippen LogP contribution is -2.04. The van der Waals surface area contributed by atoms with Gasteiger partial charge < -0.3 is 9.97 Å². The molecule has 0 radical (unpaired) electrons. The molecule has 0 aliphatic heterocycles. The summed E-state index contributed by atoms with van der Waals surface area (Å²) in [5.41, 5.74) is 6.22. The van der Waals surface area contributed by atoms with Crippen molar-refractivity contribution in [3.8, 4) is 0 Å². The summed E-state index contributed by atoms with van der Waals surface area (Å²) in [5.74, 6) is 0.240. The Hall–Kier alpha value is -2.22. The van der Waals surface area contributed by atoms with E-state index >= 15 is 0 Å². The van der Waals surface area contributed by atoms with Gasteiger partial charge in [0.05, 0.1) is 5.92 Å². The summed E-state index contributed by atoms with van der Waals surface area (Å²) in [6.45, 7) is 4.20. The molecule has 1 unspecified atom stereocenters. The number of hydrogen-bond acceptors (Lipinski definition) is 0. The van der Waals surface area contributed by atoms with Crippen LogP contribution < -0.4 is 0 Å². The first-order valence-electron chi connectivity index (χ1n) is 6.59. The van der Waals surface area contributed by atoms with Crippen molar-refractivity contribution in [2.75, 3.05) is 0 Å². The molecule has 0 aliphatic carbocycles. The predicted octanol–water partition coefficient (Wildman–Crippen LogP) is 4.14. The molecule has 2 heteroatoms. The second-order valence-electron chi connectivity index (χ2n) is 5.07. The van der Waals surface area contributed by atoms with Crippen LogP contribution in [-0.4, -0.2) is 9.97 Å². The SMILES string of the molecule is Cc1ccc(C(c2ccc[nH]2)c2ccc(C)[nH]2)cc1. The molecule has 2 heterocycles. The van der Waals surface area contributed by atoms with Crippen molar-refractivity contribution in [1.29, 1.82) is 0 Å². The van der Waals surface area contributed by atoms with Gasteiger partial charge in [-0.2, -0.15) is 0 Å². The summed E-state index contributed by atoms with van der Waals surface area (Å²) in [6, 6.07) is 17.2. The third kappa shape index (κ3) is 2.34. The van der Waals surface area contributed by atoms with E-state index in [1.807, 2.05) is 12.3 Å². The van der Waals surface area contributed by atoms with Crippen molar-refractivity contribution in [3.05, 3.63) is 82.9 Å². The molecule has 2 aromatic heterocycles. The predicted molar refractivity (Wildman–Crippen MR) is 78.4 cm³/mol. The van der Waals surface area contributed by atoms with Crippen LogP contribution in [-0.2, 0) is 0 Å². The van der Waals surface area contributed by atoms with E-state index in [0.29, 0.717) is 0 Å². The fourth-order valence-electron chi connectivity index (χ4n) is 2.50. The highest BCUT2D eigenvalue weighted by molar-refractivity contribution is 5.39. The highest BCUT2D eigenvalue weighted by Crippen LogP contribution is 2.30. The standard InChI is InChI=1S/C17H18N2/c1-12-5-8-14(9-6-12)17(15-4-3-11-18-15)16-10-7-13(2)19-16/h3-11,17-19H,1-2H3. The van der Waals surface area contributed by atoms with Gasteiger partial charge in [-0.15, -0.1) is 0 Å². The largest absolute Gasteiger partial charge is 0.364 e. The molecule has 0 aliphatic rings. The summed E-state index contributed by atoms with van der Waals surface area (Å²) >= 11 is 0. The molecular weight excluding hydrogens is 232 g/mol. The topological polar surface area (TPSA) is 31.6 Å². The lowest BCUT2D eigenvalue weighted by atomic mass is 9.92. The summed E-state index contributed by atoms with van der Waals surface area (Å²) in [4.78, 5) is 6.80. The Morgan fingerprint density at radius 3 is 2.21 bits per heavy atom. The van der Waals surface area contributed by atoms with Crippen molar-refractivity contribution in [3.63, 3.8) is 0 Å². The molecule has 3 aromatic rings. The van der Waals surface area contributed by atoms with Gasteiger partial charge in [0.15, 0.2) is 0 Å². The van der Waals surface area contributed by atoms with Crippen LogP contribution in [0.1, 0.15) is 34.1 Å². The average Bonchev–Trinajstić information content (AvgIpc) is 3.05. The zero-order chi connectivity index (χ0) is 13.2. The van der Waals surface area contributed by atoms with Gasteiger partial charge in [-0.3, -0.25) is 0 Å². The van der Waals surface area contributed by atoms with Gasteiger partial charge in [0.1, 0.15) is 0 Å². The van der Waals surface area contributed by atoms with E-state index in [2.05, 4.69) is 66.3 Å². The number of aromatic nitrogens is 2. The van der Waals surface area contributed by atoms with Crippen molar-refractivity contribution < 1.29 is 0 Å². The second kappa shape index (κ2) is 4.81. The molecule has 2 N–H and O–H groups in total. The molecule has 0 fully saturated rings. The summed E-state index contributed by atoms with van der Waals surface area (Å²) in [6.07, 6.45) is 1.98. The van der Waals surface area contributed by atoms with Crippen LogP contribution in [0, 0.1) is 13.8 Å². The Morgan fingerprint density at radius 1 is 0.842 bits per heavy atom. The number of benzene rings is 1. The van der Waals surface area contributed by atoms with E-state index in [1.165, 1.54) is 28.2 Å². The van der Waals surface area contributed by atoms with E-state index < -0.39 is 0 Å². The molecule has 3 rings (SSSR count). The van der Waals surface area contributed by atoms with Crippen LogP contribution in [0.3, 0.4) is 0 Å². The number of H-pyrrole nitrogens is 2. The third-order valence-electron chi connectivity index (χ3n) is 3.51. The molecule has 0 saturated carbocycles. The van der Waals surface area contributed by atoms with Crippen molar-refractivity contribution >= 4 is 0 Å². The lowest BCUT2D eigenvalue weighted by molar-refractivity contribution is 0.891. The molecule has 0 spiro atoms. The van der Waals surface area contributed by atoms with Gasteiger partial charge in [-0.1, -0.05) is 29.8 Å². The maximum absolute atomic E-state index is 3.46.